The Bertz CT molecular complexity index is 1260. The van der Waals surface area contributed by atoms with Crippen molar-refractivity contribution < 1.29 is 18.8 Å². The first-order valence-corrected chi connectivity index (χ1v) is 18.3. The Labute approximate surface area is 256 Å². The lowest BCUT2D eigenvalue weighted by Gasteiger charge is -2.53. The van der Waals surface area contributed by atoms with Crippen molar-refractivity contribution in [2.24, 2.45) is 5.92 Å². The highest BCUT2D eigenvalue weighted by molar-refractivity contribution is 8.01. The number of hydrogen-bond acceptors (Lipinski definition) is 5. The van der Waals surface area contributed by atoms with Crippen LogP contribution in [0.1, 0.15) is 44.4 Å². The van der Waals surface area contributed by atoms with Crippen molar-refractivity contribution in [3.05, 3.63) is 120 Å². The number of esters is 1. The second kappa shape index (κ2) is 13.0. The molecule has 1 saturated heterocycles. The third-order valence-corrected chi connectivity index (χ3v) is 14.9. The normalized spacial score (nSPS) is 18.2. The zero-order valence-electron chi connectivity index (χ0n) is 25.6. The van der Waals surface area contributed by atoms with Crippen LogP contribution in [0.15, 0.2) is 104 Å². The maximum atomic E-state index is 13.9. The fourth-order valence-electron chi connectivity index (χ4n) is 5.24. The number of carbonyl (C=O) groups is 2. The van der Waals surface area contributed by atoms with Gasteiger partial charge in [0.1, 0.15) is 13.2 Å². The lowest BCUT2D eigenvalue weighted by Crippen LogP contribution is -2.66. The Balaban J connectivity index is 1.84. The molecule has 0 aliphatic carbocycles. The second-order valence-corrected chi connectivity index (χ2v) is 18.4. The first kappa shape index (κ1) is 31.8. The van der Waals surface area contributed by atoms with Crippen LogP contribution in [0.2, 0.25) is 18.1 Å². The third kappa shape index (κ3) is 6.43. The van der Waals surface area contributed by atoms with Gasteiger partial charge in [-0.25, -0.2) is 0 Å². The molecule has 1 amide bonds. The van der Waals surface area contributed by atoms with Crippen LogP contribution in [0.3, 0.4) is 0 Å². The maximum Gasteiger partial charge on any atom is 0.325 e. The summed E-state index contributed by atoms with van der Waals surface area (Å²) in [6, 6.07) is 31.2. The van der Waals surface area contributed by atoms with Gasteiger partial charge in [0.15, 0.2) is 8.32 Å². The highest BCUT2D eigenvalue weighted by Crippen LogP contribution is 2.55. The maximum absolute atomic E-state index is 13.9. The molecule has 1 fully saturated rings. The van der Waals surface area contributed by atoms with Crippen molar-refractivity contribution in [1.29, 1.82) is 0 Å². The van der Waals surface area contributed by atoms with Crippen molar-refractivity contribution in [2.45, 2.75) is 62.1 Å². The predicted molar refractivity (Wildman–Crippen MR) is 175 cm³/mol. The molecule has 3 atom stereocenters. The van der Waals surface area contributed by atoms with Gasteiger partial charge in [-0.15, -0.1) is 11.8 Å². The van der Waals surface area contributed by atoms with Crippen molar-refractivity contribution in [2.75, 3.05) is 13.2 Å². The van der Waals surface area contributed by atoms with Gasteiger partial charge in [0.2, 0.25) is 5.91 Å². The first-order valence-electron chi connectivity index (χ1n) is 14.5. The molecular weight excluding hydrogens is 559 g/mol. The summed E-state index contributed by atoms with van der Waals surface area (Å²) in [6.45, 7) is 16.7. The van der Waals surface area contributed by atoms with Gasteiger partial charge in [0.25, 0.3) is 0 Å². The molecule has 0 radical (unpaired) electrons. The number of thioether (sulfide) groups is 1. The monoisotopic (exact) mass is 601 g/mol. The van der Waals surface area contributed by atoms with Gasteiger partial charge in [-0.2, -0.15) is 0 Å². The number of ether oxygens (including phenoxy) is 1. The topological polar surface area (TPSA) is 55.8 Å². The Morgan fingerprint density at radius 1 is 0.929 bits per heavy atom. The van der Waals surface area contributed by atoms with Gasteiger partial charge in [0.05, 0.1) is 22.1 Å². The van der Waals surface area contributed by atoms with Gasteiger partial charge >= 0.3 is 5.97 Å². The van der Waals surface area contributed by atoms with Crippen LogP contribution >= 0.6 is 11.8 Å². The summed E-state index contributed by atoms with van der Waals surface area (Å²) in [5.74, 6) is -0.959. The minimum atomic E-state index is -2.18. The molecule has 4 rings (SSSR count). The minimum absolute atomic E-state index is 0.00719. The molecule has 1 heterocycles. The van der Waals surface area contributed by atoms with E-state index in [0.717, 1.165) is 16.7 Å². The highest BCUT2D eigenvalue weighted by Gasteiger charge is 2.56. The van der Waals surface area contributed by atoms with E-state index in [4.69, 9.17) is 9.16 Å². The Hall–Kier alpha value is -3.13. The zero-order valence-corrected chi connectivity index (χ0v) is 27.4. The van der Waals surface area contributed by atoms with E-state index in [1.165, 1.54) is 6.08 Å². The first-order chi connectivity index (χ1) is 19.9. The van der Waals surface area contributed by atoms with Gasteiger partial charge < -0.3 is 14.1 Å². The SMILES string of the molecule is C=CCOC(=O)CN1C(=O)C(C(C)O[Si](C)(C)C(C)(C)C)C1SC(c1ccccc1)(c1ccccc1)c1ccccc1. The molecule has 3 unspecified atom stereocenters. The lowest BCUT2D eigenvalue weighted by atomic mass is 9.84. The molecule has 3 aromatic rings. The molecule has 0 N–H and O–H groups in total. The summed E-state index contributed by atoms with van der Waals surface area (Å²) in [5.41, 5.74) is 3.29. The largest absolute Gasteiger partial charge is 0.460 e. The van der Waals surface area contributed by atoms with Crippen molar-refractivity contribution in [3.63, 3.8) is 0 Å². The standard InChI is InChI=1S/C35H43NO4SSi/c1-8-24-39-30(37)25-36-32(38)31(26(2)40-42(6,7)34(3,4)5)33(36)41-35(27-18-12-9-13-19-27,28-20-14-10-15-21-28)29-22-16-11-17-23-29/h8-23,26,31,33H,1,24-25H2,2-7H3. The van der Waals surface area contributed by atoms with Gasteiger partial charge in [0, 0.05) is 0 Å². The number of nitrogens with zero attached hydrogens (tertiary/aromatic N) is 1. The number of hydrogen-bond donors (Lipinski definition) is 0. The Morgan fingerprint density at radius 3 is 1.79 bits per heavy atom. The summed E-state index contributed by atoms with van der Waals surface area (Å²) in [6.07, 6.45) is 1.21. The highest BCUT2D eigenvalue weighted by atomic mass is 32.2. The quantitative estimate of drug-likeness (QED) is 0.0702. The number of benzene rings is 3. The summed E-state index contributed by atoms with van der Waals surface area (Å²) in [5, 5.41) is -0.346. The molecule has 3 aromatic carbocycles. The van der Waals surface area contributed by atoms with E-state index >= 15 is 0 Å². The van der Waals surface area contributed by atoms with Crippen LogP contribution < -0.4 is 0 Å². The van der Waals surface area contributed by atoms with E-state index in [2.05, 4.69) is 76.8 Å². The van der Waals surface area contributed by atoms with Crippen LogP contribution in [0.4, 0.5) is 0 Å². The van der Waals surface area contributed by atoms with E-state index in [-0.39, 0.29) is 35.6 Å². The molecule has 0 saturated carbocycles. The summed E-state index contributed by atoms with van der Waals surface area (Å²) in [7, 11) is -2.18. The van der Waals surface area contributed by atoms with Crippen molar-refractivity contribution >= 4 is 32.0 Å². The summed E-state index contributed by atoms with van der Waals surface area (Å²) < 4.78 is 11.5. The summed E-state index contributed by atoms with van der Waals surface area (Å²) in [4.78, 5) is 28.3. The number of likely N-dealkylation sites (tertiary alicyclic amines) is 1. The number of amides is 1. The molecule has 0 bridgehead atoms. The molecule has 7 heteroatoms. The van der Waals surface area contributed by atoms with E-state index in [9.17, 15) is 9.59 Å². The minimum Gasteiger partial charge on any atom is -0.460 e. The molecule has 42 heavy (non-hydrogen) atoms. The summed E-state index contributed by atoms with van der Waals surface area (Å²) >= 11 is 1.70. The molecular formula is C35H43NO4SSi. The van der Waals surface area contributed by atoms with E-state index in [1.807, 2.05) is 61.5 Å². The molecule has 222 valence electrons. The predicted octanol–water partition coefficient (Wildman–Crippen LogP) is 7.64. The number of carbonyl (C=O) groups excluding carboxylic acids is 2. The average Bonchev–Trinajstić information content (AvgIpc) is 2.97. The fraction of sp³-hybridized carbons (Fsp3) is 0.371. The average molecular weight is 602 g/mol. The van der Waals surface area contributed by atoms with Crippen LogP contribution in [-0.4, -0.2) is 49.7 Å². The zero-order chi connectivity index (χ0) is 30.5. The lowest BCUT2D eigenvalue weighted by molar-refractivity contribution is -0.163. The second-order valence-electron chi connectivity index (χ2n) is 12.3. The van der Waals surface area contributed by atoms with Gasteiger partial charge in [-0.1, -0.05) is 124 Å². The van der Waals surface area contributed by atoms with Crippen molar-refractivity contribution in [3.8, 4) is 0 Å². The van der Waals surface area contributed by atoms with E-state index < -0.39 is 25.0 Å². The molecule has 1 aliphatic heterocycles. The van der Waals surface area contributed by atoms with Crippen LogP contribution in [0.25, 0.3) is 0 Å². The third-order valence-electron chi connectivity index (χ3n) is 8.48. The van der Waals surface area contributed by atoms with Gasteiger partial charge in [-0.3, -0.25) is 9.59 Å². The van der Waals surface area contributed by atoms with E-state index in [0.29, 0.717) is 0 Å². The fourth-order valence-corrected chi connectivity index (χ4v) is 8.64. The molecule has 1 aliphatic rings. The van der Waals surface area contributed by atoms with Crippen LogP contribution in [0, 0.1) is 5.92 Å². The van der Waals surface area contributed by atoms with Crippen LogP contribution in [-0.2, 0) is 23.5 Å². The molecule has 0 spiro atoms. The Kier molecular flexibility index (Phi) is 9.86. The molecule has 0 aromatic heterocycles. The Morgan fingerprint density at radius 2 is 1.38 bits per heavy atom. The number of β-lactam (4-membered cyclic amide) rings is 1. The smallest absolute Gasteiger partial charge is 0.325 e. The van der Waals surface area contributed by atoms with E-state index in [1.54, 1.807) is 16.7 Å². The number of rotatable bonds is 12. The van der Waals surface area contributed by atoms with Crippen LogP contribution in [0.5, 0.6) is 0 Å². The molecule has 5 nitrogen and oxygen atoms in total. The van der Waals surface area contributed by atoms with Crippen molar-refractivity contribution in [1.82, 2.24) is 4.90 Å². The van der Waals surface area contributed by atoms with Gasteiger partial charge in [-0.05, 0) is 41.7 Å².